The number of rotatable bonds is 4. The molecule has 0 bridgehead atoms. The molecule has 1 aromatic heterocycles. The average Bonchev–Trinajstić information content (AvgIpc) is 2.95. The monoisotopic (exact) mass is 269 g/mol. The Kier molecular flexibility index (Phi) is 3.88. The van der Waals surface area contributed by atoms with Crippen molar-refractivity contribution in [3.05, 3.63) is 54.1 Å². The second kappa shape index (κ2) is 5.80. The molecule has 3 heteroatoms. The van der Waals surface area contributed by atoms with Crippen molar-refractivity contribution in [1.29, 1.82) is 0 Å². The summed E-state index contributed by atoms with van der Waals surface area (Å²) < 4.78 is 2.13. The summed E-state index contributed by atoms with van der Waals surface area (Å²) in [6.07, 6.45) is 8.24. The first-order valence-electron chi connectivity index (χ1n) is 7.54. The highest BCUT2D eigenvalue weighted by Crippen LogP contribution is 2.37. The summed E-state index contributed by atoms with van der Waals surface area (Å²) in [6, 6.07) is 9.82. The second-order valence-corrected chi connectivity index (χ2v) is 5.99. The van der Waals surface area contributed by atoms with E-state index in [-0.39, 0.29) is 0 Å². The van der Waals surface area contributed by atoms with Gasteiger partial charge in [-0.25, -0.2) is 4.98 Å². The van der Waals surface area contributed by atoms with Crippen molar-refractivity contribution in [3.8, 4) is 0 Å². The maximum absolute atomic E-state index is 4.10. The van der Waals surface area contributed by atoms with Crippen LogP contribution >= 0.6 is 0 Å². The van der Waals surface area contributed by atoms with Gasteiger partial charge in [-0.15, -0.1) is 0 Å². The molecule has 1 aromatic carbocycles. The number of nitrogens with one attached hydrogen (secondary N) is 1. The number of hydrogen-bond donors (Lipinski definition) is 1. The van der Waals surface area contributed by atoms with Crippen LogP contribution < -0.4 is 5.32 Å². The van der Waals surface area contributed by atoms with Gasteiger partial charge in [-0.05, 0) is 36.8 Å². The molecule has 2 aromatic rings. The summed E-state index contributed by atoms with van der Waals surface area (Å²) >= 11 is 0. The zero-order valence-electron chi connectivity index (χ0n) is 12.3. The summed E-state index contributed by atoms with van der Waals surface area (Å²) in [5.41, 5.74) is 3.01. The van der Waals surface area contributed by atoms with Gasteiger partial charge in [-0.1, -0.05) is 31.2 Å². The first kappa shape index (κ1) is 13.4. The maximum atomic E-state index is 4.10. The van der Waals surface area contributed by atoms with Crippen LogP contribution in [0.4, 0.5) is 0 Å². The summed E-state index contributed by atoms with van der Waals surface area (Å²) in [7, 11) is 0. The van der Waals surface area contributed by atoms with E-state index in [2.05, 4.69) is 53.0 Å². The molecule has 0 aliphatic heterocycles. The van der Waals surface area contributed by atoms with Crippen LogP contribution in [0.1, 0.15) is 49.8 Å². The lowest BCUT2D eigenvalue weighted by atomic mass is 9.81. The Hall–Kier alpha value is -1.61. The molecular formula is C17H23N3. The quantitative estimate of drug-likeness (QED) is 0.920. The number of aromatic nitrogens is 2. The molecule has 1 aliphatic rings. The van der Waals surface area contributed by atoms with E-state index in [4.69, 9.17) is 0 Å². The molecule has 1 aliphatic carbocycles. The fraction of sp³-hybridized carbons (Fsp3) is 0.471. The van der Waals surface area contributed by atoms with Gasteiger partial charge >= 0.3 is 0 Å². The summed E-state index contributed by atoms with van der Waals surface area (Å²) in [4.78, 5) is 4.10. The zero-order chi connectivity index (χ0) is 13.9. The van der Waals surface area contributed by atoms with Gasteiger partial charge in [0.25, 0.3) is 0 Å². The van der Waals surface area contributed by atoms with E-state index < -0.39 is 0 Å². The summed E-state index contributed by atoms with van der Waals surface area (Å²) in [5.74, 6) is 0.688. The number of hydrogen-bond acceptors (Lipinski definition) is 2. The van der Waals surface area contributed by atoms with Crippen LogP contribution in [0.3, 0.4) is 0 Å². The number of fused-ring (bicyclic) bond motifs is 1. The van der Waals surface area contributed by atoms with Gasteiger partial charge in [0.05, 0.1) is 6.33 Å². The van der Waals surface area contributed by atoms with Gasteiger partial charge in [0.15, 0.2) is 0 Å². The van der Waals surface area contributed by atoms with Gasteiger partial charge in [0.1, 0.15) is 0 Å². The fourth-order valence-corrected chi connectivity index (χ4v) is 3.28. The van der Waals surface area contributed by atoms with E-state index in [1.807, 2.05) is 18.7 Å². The second-order valence-electron chi connectivity index (χ2n) is 5.99. The molecule has 106 valence electrons. The van der Waals surface area contributed by atoms with E-state index in [1.54, 1.807) is 0 Å². The van der Waals surface area contributed by atoms with E-state index in [9.17, 15) is 0 Å². The van der Waals surface area contributed by atoms with Crippen LogP contribution in [0.25, 0.3) is 0 Å². The van der Waals surface area contributed by atoms with Gasteiger partial charge in [-0.3, -0.25) is 0 Å². The minimum Gasteiger partial charge on any atom is -0.336 e. The standard InChI is InChI=1S/C17H23N3/c1-13-7-8-17(16-6-4-3-5-15(13)16)19-14(2)11-20-10-9-18-12-20/h3-6,9-10,12-14,17,19H,7-8,11H2,1-2H3. The lowest BCUT2D eigenvalue weighted by molar-refractivity contribution is 0.368. The molecule has 0 amide bonds. The normalized spacial score (nSPS) is 23.3. The Morgan fingerprint density at radius 3 is 2.85 bits per heavy atom. The van der Waals surface area contributed by atoms with Crippen LogP contribution in [-0.4, -0.2) is 15.6 Å². The van der Waals surface area contributed by atoms with Gasteiger partial charge in [-0.2, -0.15) is 0 Å². The molecule has 3 rings (SSSR count). The van der Waals surface area contributed by atoms with Gasteiger partial charge in [0.2, 0.25) is 0 Å². The Morgan fingerprint density at radius 2 is 2.10 bits per heavy atom. The topological polar surface area (TPSA) is 29.9 Å². The lowest BCUT2D eigenvalue weighted by Crippen LogP contribution is -2.35. The molecule has 0 saturated heterocycles. The fourth-order valence-electron chi connectivity index (χ4n) is 3.28. The molecule has 3 nitrogen and oxygen atoms in total. The predicted molar refractivity (Wildman–Crippen MR) is 81.7 cm³/mol. The Morgan fingerprint density at radius 1 is 1.30 bits per heavy atom. The van der Waals surface area contributed by atoms with Crippen LogP contribution in [-0.2, 0) is 6.54 Å². The molecule has 0 radical (unpaired) electrons. The van der Waals surface area contributed by atoms with Crippen LogP contribution in [0.5, 0.6) is 0 Å². The van der Waals surface area contributed by atoms with E-state index in [1.165, 1.54) is 24.0 Å². The third kappa shape index (κ3) is 2.78. The highest BCUT2D eigenvalue weighted by Gasteiger charge is 2.25. The van der Waals surface area contributed by atoms with E-state index >= 15 is 0 Å². The van der Waals surface area contributed by atoms with E-state index in [0.29, 0.717) is 18.0 Å². The highest BCUT2D eigenvalue weighted by atomic mass is 15.1. The van der Waals surface area contributed by atoms with Crippen LogP contribution in [0.2, 0.25) is 0 Å². The number of nitrogens with zero attached hydrogens (tertiary/aromatic N) is 2. The molecule has 20 heavy (non-hydrogen) atoms. The Balaban J connectivity index is 1.70. The largest absolute Gasteiger partial charge is 0.336 e. The third-order valence-corrected chi connectivity index (χ3v) is 4.32. The lowest BCUT2D eigenvalue weighted by Gasteiger charge is -2.32. The van der Waals surface area contributed by atoms with Crippen molar-refractivity contribution in [1.82, 2.24) is 14.9 Å². The Labute approximate surface area is 121 Å². The smallest absolute Gasteiger partial charge is 0.0946 e. The highest BCUT2D eigenvalue weighted by molar-refractivity contribution is 5.34. The Bertz CT molecular complexity index is 547. The molecule has 0 saturated carbocycles. The van der Waals surface area contributed by atoms with Crippen molar-refractivity contribution in [2.24, 2.45) is 0 Å². The first-order chi connectivity index (χ1) is 9.74. The number of imidazole rings is 1. The van der Waals surface area contributed by atoms with Crippen LogP contribution in [0.15, 0.2) is 43.0 Å². The molecule has 1 N–H and O–H groups in total. The third-order valence-electron chi connectivity index (χ3n) is 4.32. The summed E-state index contributed by atoms with van der Waals surface area (Å²) in [5, 5.41) is 3.79. The van der Waals surface area contributed by atoms with Crippen molar-refractivity contribution in [3.63, 3.8) is 0 Å². The SMILES string of the molecule is CC(Cn1ccnc1)NC1CCC(C)c2ccccc21. The summed E-state index contributed by atoms with van der Waals surface area (Å²) in [6.45, 7) is 5.55. The maximum Gasteiger partial charge on any atom is 0.0946 e. The van der Waals surface area contributed by atoms with Gasteiger partial charge < -0.3 is 9.88 Å². The average molecular weight is 269 g/mol. The van der Waals surface area contributed by atoms with Crippen molar-refractivity contribution < 1.29 is 0 Å². The predicted octanol–water partition coefficient (Wildman–Crippen LogP) is 3.50. The molecule has 0 spiro atoms. The molecular weight excluding hydrogens is 246 g/mol. The molecule has 3 atom stereocenters. The number of benzene rings is 1. The molecule has 3 unspecified atom stereocenters. The molecule has 0 fully saturated rings. The van der Waals surface area contributed by atoms with E-state index in [0.717, 1.165) is 6.54 Å². The van der Waals surface area contributed by atoms with Crippen molar-refractivity contribution in [2.75, 3.05) is 0 Å². The zero-order valence-corrected chi connectivity index (χ0v) is 12.3. The molecule has 1 heterocycles. The van der Waals surface area contributed by atoms with Gasteiger partial charge in [0, 0.05) is 31.0 Å². The first-order valence-corrected chi connectivity index (χ1v) is 7.54. The minimum absolute atomic E-state index is 0.440. The van der Waals surface area contributed by atoms with Crippen LogP contribution in [0, 0.1) is 0 Å². The van der Waals surface area contributed by atoms with Crippen molar-refractivity contribution >= 4 is 0 Å². The minimum atomic E-state index is 0.440. The van der Waals surface area contributed by atoms with Crippen molar-refractivity contribution in [2.45, 2.75) is 51.2 Å².